The maximum absolute atomic E-state index is 12.7. The monoisotopic (exact) mass is 400 g/mol. The number of amides is 1. The van der Waals surface area contributed by atoms with Gasteiger partial charge in [0.1, 0.15) is 4.88 Å². The smallest absolute Gasteiger partial charge is 0.350 e. The molecule has 1 amide bonds. The highest BCUT2D eigenvalue weighted by Gasteiger charge is 2.19. The normalized spacial score (nSPS) is 13.3. The summed E-state index contributed by atoms with van der Waals surface area (Å²) in [5, 5.41) is 6.11. The summed E-state index contributed by atoms with van der Waals surface area (Å²) in [6.45, 7) is 0. The zero-order valence-corrected chi connectivity index (χ0v) is 16.2. The highest BCUT2D eigenvalue weighted by molar-refractivity contribution is 7.12. The predicted molar refractivity (Wildman–Crippen MR) is 107 cm³/mol. The van der Waals surface area contributed by atoms with E-state index in [1.807, 2.05) is 6.07 Å². The molecule has 4 rings (SSSR count). The summed E-state index contributed by atoms with van der Waals surface area (Å²) >= 11 is 7.81. The number of carbonyl (C=O) groups excluding carboxylic acids is 2. The van der Waals surface area contributed by atoms with Gasteiger partial charge < -0.3 is 10.1 Å². The molecular weight excluding hydrogens is 384 g/mol. The third-order valence-corrected chi connectivity index (χ3v) is 6.07. The van der Waals surface area contributed by atoms with E-state index in [0.717, 1.165) is 47.3 Å². The van der Waals surface area contributed by atoms with Crippen LogP contribution < -0.4 is 5.32 Å². The van der Waals surface area contributed by atoms with E-state index in [-0.39, 0.29) is 5.91 Å². The molecule has 1 N–H and O–H groups in total. The Morgan fingerprint density at radius 2 is 2.04 bits per heavy atom. The minimum absolute atomic E-state index is 0.309. The summed E-state index contributed by atoms with van der Waals surface area (Å²) in [5.74, 6) is -0.782. The molecule has 0 aliphatic heterocycles. The maximum Gasteiger partial charge on any atom is 0.350 e. The van der Waals surface area contributed by atoms with Crippen molar-refractivity contribution in [3.8, 4) is 0 Å². The van der Waals surface area contributed by atoms with Crippen LogP contribution in [0.4, 0.5) is 5.69 Å². The molecule has 5 nitrogen and oxygen atoms in total. The van der Waals surface area contributed by atoms with Crippen LogP contribution >= 0.6 is 22.9 Å². The van der Waals surface area contributed by atoms with Gasteiger partial charge in [0.05, 0.1) is 23.3 Å². The molecule has 2 aromatic heterocycles. The van der Waals surface area contributed by atoms with Crippen molar-refractivity contribution in [3.05, 3.63) is 56.4 Å². The van der Waals surface area contributed by atoms with Crippen LogP contribution in [0, 0.1) is 0 Å². The number of carbonyl (C=O) groups is 2. The number of thiophene rings is 1. The Labute approximate surface area is 165 Å². The van der Waals surface area contributed by atoms with Gasteiger partial charge in [0.2, 0.25) is 0 Å². The molecule has 0 fully saturated rings. The third kappa shape index (κ3) is 3.31. The van der Waals surface area contributed by atoms with E-state index in [2.05, 4.69) is 5.32 Å². The van der Waals surface area contributed by atoms with Crippen LogP contribution in [0.2, 0.25) is 5.02 Å². The Balaban J connectivity index is 1.67. The van der Waals surface area contributed by atoms with Gasteiger partial charge >= 0.3 is 5.97 Å². The van der Waals surface area contributed by atoms with Crippen LogP contribution in [-0.4, -0.2) is 24.0 Å². The summed E-state index contributed by atoms with van der Waals surface area (Å²) in [6.07, 6.45) is 4.10. The van der Waals surface area contributed by atoms with Crippen LogP contribution in [0.3, 0.4) is 0 Å². The number of ether oxygens (including phenoxy) is 1. The van der Waals surface area contributed by atoms with Crippen molar-refractivity contribution in [2.24, 2.45) is 0 Å². The number of rotatable bonds is 3. The molecule has 0 unspecified atom stereocenters. The lowest BCUT2D eigenvalue weighted by Gasteiger charge is -2.18. The van der Waals surface area contributed by atoms with E-state index >= 15 is 0 Å². The second kappa shape index (κ2) is 7.29. The van der Waals surface area contributed by atoms with Gasteiger partial charge in [-0.25, -0.2) is 4.79 Å². The van der Waals surface area contributed by atoms with Gasteiger partial charge in [0.15, 0.2) is 0 Å². The molecule has 1 aromatic carbocycles. The number of hydrogen-bond donors (Lipinski definition) is 1. The highest BCUT2D eigenvalue weighted by atomic mass is 35.5. The zero-order valence-electron chi connectivity index (χ0n) is 14.7. The molecule has 0 saturated heterocycles. The average molecular weight is 401 g/mol. The molecule has 1 aliphatic carbocycles. The Kier molecular flexibility index (Phi) is 4.85. The van der Waals surface area contributed by atoms with Gasteiger partial charge in [-0.05, 0) is 54.8 Å². The summed E-state index contributed by atoms with van der Waals surface area (Å²) in [4.78, 5) is 29.5. The molecule has 0 radical (unpaired) electrons. The number of aromatic nitrogens is 1. The van der Waals surface area contributed by atoms with Gasteiger partial charge in [0, 0.05) is 16.6 Å². The van der Waals surface area contributed by atoms with Crippen LogP contribution in [-0.2, 0) is 17.6 Å². The number of hydrogen-bond acceptors (Lipinski definition) is 5. The number of aryl methyl sites for hydroxylation is 1. The third-order valence-electron chi connectivity index (χ3n) is 4.74. The minimum atomic E-state index is -0.473. The number of fused-ring (bicyclic) bond motifs is 2. The van der Waals surface area contributed by atoms with Crippen molar-refractivity contribution in [2.45, 2.75) is 25.7 Å². The first kappa shape index (κ1) is 17.9. The molecule has 27 heavy (non-hydrogen) atoms. The first-order chi connectivity index (χ1) is 13.1. The standard InChI is InChI=1S/C20H17ClN2O3S/c1-26-20(25)18-15(8-9-27-18)23-19(24)11-6-7-13-16(10-11)22-14-5-3-2-4-12(14)17(13)21/h6-10H,2-5H2,1H3,(H,23,24). The molecule has 3 aromatic rings. The van der Waals surface area contributed by atoms with Crippen molar-refractivity contribution in [1.82, 2.24) is 4.98 Å². The zero-order chi connectivity index (χ0) is 19.0. The van der Waals surface area contributed by atoms with E-state index in [9.17, 15) is 9.59 Å². The molecule has 7 heteroatoms. The first-order valence-electron chi connectivity index (χ1n) is 8.66. The van der Waals surface area contributed by atoms with Crippen LogP contribution in [0.25, 0.3) is 10.9 Å². The number of pyridine rings is 1. The van der Waals surface area contributed by atoms with Crippen LogP contribution in [0.15, 0.2) is 29.6 Å². The van der Waals surface area contributed by atoms with Crippen LogP contribution in [0.1, 0.15) is 44.1 Å². The molecule has 0 atom stereocenters. The lowest BCUT2D eigenvalue weighted by molar-refractivity contribution is 0.0607. The van der Waals surface area contributed by atoms with E-state index in [0.29, 0.717) is 21.6 Å². The molecule has 1 aliphatic rings. The molecule has 0 saturated carbocycles. The molecule has 2 heterocycles. The average Bonchev–Trinajstić information content (AvgIpc) is 3.15. The van der Waals surface area contributed by atoms with E-state index < -0.39 is 5.97 Å². The Morgan fingerprint density at radius 3 is 2.85 bits per heavy atom. The van der Waals surface area contributed by atoms with E-state index in [1.54, 1.807) is 23.6 Å². The van der Waals surface area contributed by atoms with Crippen molar-refractivity contribution in [2.75, 3.05) is 12.4 Å². The molecule has 0 spiro atoms. The van der Waals surface area contributed by atoms with Gasteiger partial charge in [-0.15, -0.1) is 11.3 Å². The second-order valence-corrected chi connectivity index (χ2v) is 7.69. The van der Waals surface area contributed by atoms with Crippen molar-refractivity contribution in [3.63, 3.8) is 0 Å². The first-order valence-corrected chi connectivity index (χ1v) is 9.92. The fourth-order valence-electron chi connectivity index (χ4n) is 3.36. The number of halogens is 1. The van der Waals surface area contributed by atoms with Crippen molar-refractivity contribution >= 4 is 51.4 Å². The highest BCUT2D eigenvalue weighted by Crippen LogP contribution is 2.33. The molecule has 138 valence electrons. The van der Waals surface area contributed by atoms with Gasteiger partial charge in [-0.1, -0.05) is 17.7 Å². The Hall–Kier alpha value is -2.44. The van der Waals surface area contributed by atoms with E-state index in [1.165, 1.54) is 18.4 Å². The summed E-state index contributed by atoms with van der Waals surface area (Å²) in [5.41, 5.74) is 3.78. The largest absolute Gasteiger partial charge is 0.465 e. The molecule has 0 bridgehead atoms. The van der Waals surface area contributed by atoms with Crippen LogP contribution in [0.5, 0.6) is 0 Å². The summed E-state index contributed by atoms with van der Waals surface area (Å²) in [7, 11) is 1.31. The Morgan fingerprint density at radius 1 is 1.22 bits per heavy atom. The number of benzene rings is 1. The topological polar surface area (TPSA) is 68.3 Å². The van der Waals surface area contributed by atoms with Gasteiger partial charge in [-0.3, -0.25) is 9.78 Å². The number of nitrogens with zero attached hydrogens (tertiary/aromatic N) is 1. The van der Waals surface area contributed by atoms with Crippen molar-refractivity contribution in [1.29, 1.82) is 0 Å². The van der Waals surface area contributed by atoms with E-state index in [4.69, 9.17) is 21.3 Å². The number of nitrogens with one attached hydrogen (secondary N) is 1. The van der Waals surface area contributed by atoms with Gasteiger partial charge in [-0.2, -0.15) is 0 Å². The number of anilines is 1. The SMILES string of the molecule is COC(=O)c1sccc1NC(=O)c1ccc2c(Cl)c3c(nc2c1)CCCC3. The maximum atomic E-state index is 12.7. The summed E-state index contributed by atoms with van der Waals surface area (Å²) in [6, 6.07) is 6.99. The lowest BCUT2D eigenvalue weighted by Crippen LogP contribution is -2.14. The second-order valence-electron chi connectivity index (χ2n) is 6.40. The predicted octanol–water partition coefficient (Wildman–Crippen LogP) is 4.87. The number of methoxy groups -OCH3 is 1. The minimum Gasteiger partial charge on any atom is -0.465 e. The summed E-state index contributed by atoms with van der Waals surface area (Å²) < 4.78 is 4.74. The fraction of sp³-hybridized carbons (Fsp3) is 0.250. The fourth-order valence-corrected chi connectivity index (χ4v) is 4.49. The van der Waals surface area contributed by atoms with Crippen molar-refractivity contribution < 1.29 is 14.3 Å². The molecular formula is C20H17ClN2O3S. The lowest BCUT2D eigenvalue weighted by atomic mass is 9.94. The number of esters is 1. The Bertz CT molecular complexity index is 1060. The van der Waals surface area contributed by atoms with Gasteiger partial charge in [0.25, 0.3) is 5.91 Å². The quantitative estimate of drug-likeness (QED) is 0.637.